The zero-order valence-corrected chi connectivity index (χ0v) is 10.7. The van der Waals surface area contributed by atoms with E-state index in [4.69, 9.17) is 5.73 Å². The first-order valence-electron chi connectivity index (χ1n) is 4.58. The summed E-state index contributed by atoms with van der Waals surface area (Å²) in [6.45, 7) is 4.19. The third-order valence-corrected chi connectivity index (χ3v) is 4.68. The largest absolute Gasteiger partial charge is 0.333 e. The zero-order valence-electron chi connectivity index (χ0n) is 8.89. The predicted octanol–water partition coefficient (Wildman–Crippen LogP) is 2.67. The van der Waals surface area contributed by atoms with E-state index in [1.54, 1.807) is 0 Å². The first kappa shape index (κ1) is 14.5. The van der Waals surface area contributed by atoms with E-state index in [-0.39, 0.29) is 12.4 Å². The molecular formula is C10H16ClF2NSi. The van der Waals surface area contributed by atoms with Crippen LogP contribution in [0.5, 0.6) is 0 Å². The Morgan fingerprint density at radius 2 is 1.87 bits per heavy atom. The maximum atomic E-state index is 13.3. The highest BCUT2D eigenvalue weighted by Crippen LogP contribution is 2.15. The molecule has 15 heavy (non-hydrogen) atoms. The molecule has 0 amide bonds. The van der Waals surface area contributed by atoms with Gasteiger partial charge in [-0.3, -0.25) is 0 Å². The average molecular weight is 252 g/mol. The number of hydrogen-bond donors (Lipinski definition) is 1. The number of benzene rings is 1. The van der Waals surface area contributed by atoms with Gasteiger partial charge in [0, 0.05) is 6.07 Å². The van der Waals surface area contributed by atoms with Crippen molar-refractivity contribution in [2.24, 2.45) is 5.73 Å². The number of hydrogen-bond acceptors (Lipinski definition) is 1. The molecule has 1 rings (SSSR count). The van der Waals surface area contributed by atoms with Crippen molar-refractivity contribution in [1.29, 1.82) is 0 Å². The van der Waals surface area contributed by atoms with Crippen LogP contribution in [0.2, 0.25) is 13.1 Å². The van der Waals surface area contributed by atoms with E-state index in [1.807, 2.05) is 0 Å². The van der Waals surface area contributed by atoms with Crippen LogP contribution >= 0.6 is 12.4 Å². The third-order valence-electron chi connectivity index (χ3n) is 2.24. The Hall–Kier alpha value is -0.453. The minimum Gasteiger partial charge on any atom is -0.333 e. The lowest BCUT2D eigenvalue weighted by atomic mass is 10.2. The summed E-state index contributed by atoms with van der Waals surface area (Å²) in [5.41, 5.74) is 6.18. The summed E-state index contributed by atoms with van der Waals surface area (Å²) in [7, 11) is -1.55. The minimum absolute atomic E-state index is 0. The van der Waals surface area contributed by atoms with Gasteiger partial charge >= 0.3 is 0 Å². The van der Waals surface area contributed by atoms with Crippen LogP contribution in [-0.2, 0) is 6.04 Å². The van der Waals surface area contributed by atoms with Gasteiger partial charge in [-0.1, -0.05) is 19.2 Å². The molecule has 86 valence electrons. The van der Waals surface area contributed by atoms with Gasteiger partial charge in [0.1, 0.15) is 11.6 Å². The molecule has 2 N–H and O–H groups in total. The quantitative estimate of drug-likeness (QED) is 0.822. The Balaban J connectivity index is 0.00000196. The van der Waals surface area contributed by atoms with Crippen LogP contribution in [0.3, 0.4) is 0 Å². The molecule has 5 heteroatoms. The van der Waals surface area contributed by atoms with Crippen molar-refractivity contribution >= 4 is 20.5 Å². The summed E-state index contributed by atoms with van der Waals surface area (Å²) in [5, 5.41) is 0. The summed E-state index contributed by atoms with van der Waals surface area (Å²) in [5.74, 6) is -0.988. The van der Waals surface area contributed by atoms with Gasteiger partial charge in [-0.05, 0) is 23.8 Å². The molecule has 0 saturated carbocycles. The molecule has 0 bridgehead atoms. The van der Waals surface area contributed by atoms with Crippen LogP contribution < -0.4 is 5.73 Å². The molecule has 0 fully saturated rings. The highest BCUT2D eigenvalue weighted by molar-refractivity contribution is 6.77. The van der Waals surface area contributed by atoms with Crippen molar-refractivity contribution in [2.45, 2.75) is 19.1 Å². The second-order valence-electron chi connectivity index (χ2n) is 4.28. The van der Waals surface area contributed by atoms with Crippen LogP contribution in [0.1, 0.15) is 5.56 Å². The Labute approximate surface area is 96.1 Å². The molecule has 0 heterocycles. The zero-order chi connectivity index (χ0) is 10.8. The third kappa shape index (κ3) is 4.28. The van der Waals surface area contributed by atoms with Gasteiger partial charge in [-0.25, -0.2) is 8.78 Å². The van der Waals surface area contributed by atoms with Crippen LogP contribution in [0.4, 0.5) is 8.78 Å². The molecule has 1 aromatic rings. The van der Waals surface area contributed by atoms with Crippen molar-refractivity contribution < 1.29 is 8.78 Å². The van der Waals surface area contributed by atoms with Gasteiger partial charge in [0.2, 0.25) is 0 Å². The Morgan fingerprint density at radius 3 is 2.33 bits per heavy atom. The van der Waals surface area contributed by atoms with Gasteiger partial charge < -0.3 is 5.73 Å². The molecule has 1 aromatic carbocycles. The maximum absolute atomic E-state index is 13.3. The average Bonchev–Trinajstić information content (AvgIpc) is 2.10. The van der Waals surface area contributed by atoms with E-state index < -0.39 is 19.7 Å². The lowest BCUT2D eigenvalue weighted by molar-refractivity contribution is 0.576. The SMILES string of the molecule is C[Si](C)(CN)Cc1ccc(F)cc1F.Cl. The Bertz CT molecular complexity index is 331. The van der Waals surface area contributed by atoms with Crippen molar-refractivity contribution in [1.82, 2.24) is 0 Å². The second-order valence-corrected chi connectivity index (χ2v) is 9.37. The van der Waals surface area contributed by atoms with E-state index in [9.17, 15) is 8.78 Å². The van der Waals surface area contributed by atoms with Crippen molar-refractivity contribution in [3.8, 4) is 0 Å². The van der Waals surface area contributed by atoms with E-state index >= 15 is 0 Å². The summed E-state index contributed by atoms with van der Waals surface area (Å²) in [6, 6.07) is 4.39. The molecule has 0 atom stereocenters. The highest BCUT2D eigenvalue weighted by Gasteiger charge is 2.20. The van der Waals surface area contributed by atoms with Crippen LogP contribution in [-0.4, -0.2) is 14.2 Å². The minimum atomic E-state index is -1.55. The first-order valence-corrected chi connectivity index (χ1v) is 8.00. The predicted molar refractivity (Wildman–Crippen MR) is 63.8 cm³/mol. The lowest BCUT2D eigenvalue weighted by Crippen LogP contribution is -2.39. The number of halogens is 3. The van der Waals surface area contributed by atoms with Crippen molar-refractivity contribution in [2.75, 3.05) is 6.17 Å². The molecule has 0 spiro atoms. The van der Waals surface area contributed by atoms with Gasteiger partial charge in [0.25, 0.3) is 0 Å². The standard InChI is InChI=1S/C10H15F2NSi.ClH/c1-14(2,7-13)6-8-3-4-9(11)5-10(8)12;/h3-5H,6-7,13H2,1-2H3;1H. The number of rotatable bonds is 3. The van der Waals surface area contributed by atoms with Gasteiger partial charge in [0.05, 0.1) is 8.07 Å². The van der Waals surface area contributed by atoms with Gasteiger partial charge in [-0.15, -0.1) is 12.4 Å². The van der Waals surface area contributed by atoms with Crippen molar-refractivity contribution in [3.05, 3.63) is 35.4 Å². The monoisotopic (exact) mass is 251 g/mol. The van der Waals surface area contributed by atoms with Crippen LogP contribution in [0.25, 0.3) is 0 Å². The fourth-order valence-corrected chi connectivity index (χ4v) is 2.71. The number of nitrogens with two attached hydrogens (primary N) is 1. The van der Waals surface area contributed by atoms with E-state index in [0.29, 0.717) is 17.8 Å². The summed E-state index contributed by atoms with van der Waals surface area (Å²) in [6.07, 6.45) is 0.615. The summed E-state index contributed by atoms with van der Waals surface area (Å²) < 4.78 is 25.9. The molecule has 0 aliphatic heterocycles. The topological polar surface area (TPSA) is 26.0 Å². The lowest BCUT2D eigenvalue weighted by Gasteiger charge is -2.19. The first-order chi connectivity index (χ1) is 6.44. The Morgan fingerprint density at radius 1 is 1.27 bits per heavy atom. The molecule has 0 aliphatic carbocycles. The molecule has 1 nitrogen and oxygen atoms in total. The fraction of sp³-hybridized carbons (Fsp3) is 0.400. The molecule has 0 aromatic heterocycles. The van der Waals surface area contributed by atoms with Gasteiger partial charge in [0.15, 0.2) is 0 Å². The molecular weight excluding hydrogens is 236 g/mol. The molecule has 0 saturated heterocycles. The van der Waals surface area contributed by atoms with E-state index in [1.165, 1.54) is 12.1 Å². The fourth-order valence-electron chi connectivity index (χ4n) is 1.25. The second kappa shape index (κ2) is 5.58. The molecule has 0 unspecified atom stereocenters. The van der Waals surface area contributed by atoms with Crippen LogP contribution in [0.15, 0.2) is 18.2 Å². The van der Waals surface area contributed by atoms with Crippen LogP contribution in [0, 0.1) is 11.6 Å². The molecule has 0 radical (unpaired) electrons. The summed E-state index contributed by atoms with van der Waals surface area (Å²) >= 11 is 0. The van der Waals surface area contributed by atoms with E-state index in [2.05, 4.69) is 13.1 Å². The smallest absolute Gasteiger partial charge is 0.129 e. The van der Waals surface area contributed by atoms with E-state index in [0.717, 1.165) is 6.07 Å². The summed E-state index contributed by atoms with van der Waals surface area (Å²) in [4.78, 5) is 0. The Kier molecular flexibility index (Phi) is 5.41. The normalized spacial score (nSPS) is 11.0. The molecule has 0 aliphatic rings. The van der Waals surface area contributed by atoms with Gasteiger partial charge in [-0.2, -0.15) is 0 Å². The highest BCUT2D eigenvalue weighted by atomic mass is 35.5. The maximum Gasteiger partial charge on any atom is 0.129 e. The van der Waals surface area contributed by atoms with Crippen molar-refractivity contribution in [3.63, 3.8) is 0 Å².